The molecule has 0 aliphatic heterocycles. The van der Waals surface area contributed by atoms with Gasteiger partial charge in [-0.1, -0.05) is 0 Å². The minimum absolute atomic E-state index is 0.466. The van der Waals surface area contributed by atoms with Crippen LogP contribution in [0.3, 0.4) is 0 Å². The molecule has 0 fully saturated rings. The maximum atomic E-state index is 11.5. The summed E-state index contributed by atoms with van der Waals surface area (Å²) in [7, 11) is 4.63. The zero-order valence-electron chi connectivity index (χ0n) is 11.4. The van der Waals surface area contributed by atoms with Gasteiger partial charge in [-0.2, -0.15) is 0 Å². The van der Waals surface area contributed by atoms with Gasteiger partial charge >= 0.3 is 0 Å². The summed E-state index contributed by atoms with van der Waals surface area (Å²) in [4.78, 5) is 12.0. The van der Waals surface area contributed by atoms with Crippen LogP contribution in [0.4, 0.5) is 0 Å². The molecule has 2 N–H and O–H groups in total. The first-order chi connectivity index (χ1) is 9.63. The molecule has 0 saturated heterocycles. The third-order valence-electron chi connectivity index (χ3n) is 2.88. The van der Waals surface area contributed by atoms with Crippen LogP contribution in [-0.2, 0) is 0 Å². The second-order valence-corrected chi connectivity index (χ2v) is 4.83. The maximum absolute atomic E-state index is 11.5. The van der Waals surface area contributed by atoms with E-state index in [-0.39, 0.29) is 0 Å². The molecule has 0 spiro atoms. The number of ether oxygens (including phenoxy) is 3. The van der Waals surface area contributed by atoms with Gasteiger partial charge in [0.05, 0.1) is 26.2 Å². The van der Waals surface area contributed by atoms with Gasteiger partial charge in [-0.25, -0.2) is 0 Å². The van der Waals surface area contributed by atoms with E-state index >= 15 is 0 Å². The highest BCUT2D eigenvalue weighted by atomic mass is 32.1. The van der Waals surface area contributed by atoms with Crippen molar-refractivity contribution in [3.8, 4) is 28.4 Å². The van der Waals surface area contributed by atoms with Crippen molar-refractivity contribution in [1.82, 2.24) is 0 Å². The van der Waals surface area contributed by atoms with Crippen LogP contribution in [0.1, 0.15) is 9.67 Å². The quantitative estimate of drug-likeness (QED) is 0.919. The van der Waals surface area contributed by atoms with Crippen LogP contribution >= 0.6 is 11.3 Å². The number of hydrogen-bond donors (Lipinski definition) is 1. The molecular weight excluding hydrogens is 278 g/mol. The second kappa shape index (κ2) is 5.83. The Kier molecular flexibility index (Phi) is 4.14. The molecule has 0 radical (unpaired) electrons. The summed E-state index contributed by atoms with van der Waals surface area (Å²) in [5, 5.41) is 1.81. The Bertz CT molecular complexity index is 636. The molecule has 1 heterocycles. The third kappa shape index (κ3) is 2.30. The molecule has 20 heavy (non-hydrogen) atoms. The first-order valence-electron chi connectivity index (χ1n) is 5.80. The summed E-state index contributed by atoms with van der Waals surface area (Å²) in [6.07, 6.45) is 0. The van der Waals surface area contributed by atoms with Gasteiger partial charge in [0.2, 0.25) is 5.75 Å². The molecule has 1 aromatic heterocycles. The molecule has 6 heteroatoms. The molecule has 0 unspecified atom stereocenters. The van der Waals surface area contributed by atoms with E-state index in [9.17, 15) is 4.79 Å². The fourth-order valence-electron chi connectivity index (χ4n) is 2.03. The van der Waals surface area contributed by atoms with Gasteiger partial charge in [0, 0.05) is 11.1 Å². The van der Waals surface area contributed by atoms with Crippen LogP contribution in [0.5, 0.6) is 17.2 Å². The fourth-order valence-corrected chi connectivity index (χ4v) is 2.79. The Morgan fingerprint density at radius 3 is 2.25 bits per heavy atom. The second-order valence-electron chi connectivity index (χ2n) is 3.91. The summed E-state index contributed by atoms with van der Waals surface area (Å²) in [6.45, 7) is 0. The molecule has 0 aliphatic rings. The number of thiophene rings is 1. The highest BCUT2D eigenvalue weighted by Gasteiger charge is 2.20. The average Bonchev–Trinajstić information content (AvgIpc) is 2.94. The van der Waals surface area contributed by atoms with Crippen LogP contribution < -0.4 is 19.9 Å². The Labute approximate surface area is 120 Å². The predicted octanol–water partition coefficient (Wildman–Crippen LogP) is 2.54. The molecule has 1 aromatic carbocycles. The van der Waals surface area contributed by atoms with Crippen LogP contribution in [0.2, 0.25) is 0 Å². The Morgan fingerprint density at radius 2 is 1.70 bits per heavy atom. The first-order valence-corrected chi connectivity index (χ1v) is 6.68. The highest BCUT2D eigenvalue weighted by molar-refractivity contribution is 7.12. The first kappa shape index (κ1) is 14.2. The van der Waals surface area contributed by atoms with E-state index < -0.39 is 5.91 Å². The van der Waals surface area contributed by atoms with Gasteiger partial charge in [0.1, 0.15) is 0 Å². The normalized spacial score (nSPS) is 10.2. The van der Waals surface area contributed by atoms with E-state index in [2.05, 4.69) is 0 Å². The van der Waals surface area contributed by atoms with Crippen molar-refractivity contribution in [3.05, 3.63) is 28.5 Å². The number of hydrogen-bond acceptors (Lipinski definition) is 5. The van der Waals surface area contributed by atoms with Gasteiger partial charge in [-0.3, -0.25) is 4.79 Å². The van der Waals surface area contributed by atoms with Crippen molar-refractivity contribution in [2.75, 3.05) is 21.3 Å². The van der Waals surface area contributed by atoms with E-state index in [0.717, 1.165) is 11.1 Å². The lowest BCUT2D eigenvalue weighted by Gasteiger charge is -2.15. The Hall–Kier alpha value is -2.21. The van der Waals surface area contributed by atoms with E-state index in [1.807, 2.05) is 17.5 Å². The van der Waals surface area contributed by atoms with Crippen molar-refractivity contribution in [2.45, 2.75) is 0 Å². The maximum Gasteiger partial charge on any atom is 0.259 e. The minimum Gasteiger partial charge on any atom is -0.493 e. The van der Waals surface area contributed by atoms with Crippen molar-refractivity contribution >= 4 is 17.2 Å². The monoisotopic (exact) mass is 293 g/mol. The molecule has 106 valence electrons. The number of carbonyl (C=O) groups excluding carboxylic acids is 1. The zero-order chi connectivity index (χ0) is 14.7. The SMILES string of the molecule is COc1ccc(-c2ccsc2C(N)=O)c(OC)c1OC. The summed E-state index contributed by atoms with van der Waals surface area (Å²) in [5.74, 6) is 1.08. The van der Waals surface area contributed by atoms with Gasteiger partial charge < -0.3 is 19.9 Å². The molecular formula is C14H15NO4S. The van der Waals surface area contributed by atoms with Crippen molar-refractivity contribution in [2.24, 2.45) is 5.73 Å². The standard InChI is InChI=1S/C14H15NO4S/c1-17-10-5-4-8(11(18-2)12(10)19-3)9-6-7-20-13(9)14(15)16/h4-7H,1-3H3,(H2,15,16). The number of methoxy groups -OCH3 is 3. The lowest BCUT2D eigenvalue weighted by molar-refractivity contribution is 0.100. The molecule has 2 rings (SSSR count). The number of primary amides is 1. The topological polar surface area (TPSA) is 70.8 Å². The van der Waals surface area contributed by atoms with Gasteiger partial charge in [-0.05, 0) is 23.6 Å². The lowest BCUT2D eigenvalue weighted by Crippen LogP contribution is -2.10. The molecule has 5 nitrogen and oxygen atoms in total. The van der Waals surface area contributed by atoms with Crippen molar-refractivity contribution < 1.29 is 19.0 Å². The minimum atomic E-state index is -0.466. The summed E-state index contributed by atoms with van der Waals surface area (Å²) >= 11 is 1.29. The largest absolute Gasteiger partial charge is 0.493 e. The van der Waals surface area contributed by atoms with E-state index in [4.69, 9.17) is 19.9 Å². The van der Waals surface area contributed by atoms with Gasteiger partial charge in [-0.15, -0.1) is 11.3 Å². The number of nitrogens with two attached hydrogens (primary N) is 1. The molecule has 2 aromatic rings. The smallest absolute Gasteiger partial charge is 0.259 e. The Morgan fingerprint density at radius 1 is 1.00 bits per heavy atom. The van der Waals surface area contributed by atoms with Gasteiger partial charge in [0.15, 0.2) is 11.5 Å². The van der Waals surface area contributed by atoms with Crippen molar-refractivity contribution in [1.29, 1.82) is 0 Å². The number of benzene rings is 1. The molecule has 0 bridgehead atoms. The number of rotatable bonds is 5. The zero-order valence-corrected chi connectivity index (χ0v) is 12.2. The number of carbonyl (C=O) groups is 1. The van der Waals surface area contributed by atoms with Crippen LogP contribution in [0.15, 0.2) is 23.6 Å². The molecule has 1 amide bonds. The van der Waals surface area contributed by atoms with E-state index in [1.54, 1.807) is 13.2 Å². The molecule has 0 aliphatic carbocycles. The van der Waals surface area contributed by atoms with E-state index in [0.29, 0.717) is 22.1 Å². The average molecular weight is 293 g/mol. The summed E-state index contributed by atoms with van der Waals surface area (Å²) in [6, 6.07) is 5.41. The fraction of sp³-hybridized carbons (Fsp3) is 0.214. The summed E-state index contributed by atoms with van der Waals surface area (Å²) in [5.41, 5.74) is 6.85. The van der Waals surface area contributed by atoms with E-state index in [1.165, 1.54) is 25.6 Å². The number of amides is 1. The molecule has 0 saturated carbocycles. The van der Waals surface area contributed by atoms with Crippen LogP contribution in [0.25, 0.3) is 11.1 Å². The Balaban J connectivity index is 2.68. The van der Waals surface area contributed by atoms with Gasteiger partial charge in [0.25, 0.3) is 5.91 Å². The van der Waals surface area contributed by atoms with Crippen LogP contribution in [0, 0.1) is 0 Å². The lowest BCUT2D eigenvalue weighted by atomic mass is 10.0. The molecule has 0 atom stereocenters. The third-order valence-corrected chi connectivity index (χ3v) is 3.81. The predicted molar refractivity (Wildman–Crippen MR) is 77.9 cm³/mol. The summed E-state index contributed by atoms with van der Waals surface area (Å²) < 4.78 is 16.0. The van der Waals surface area contributed by atoms with Crippen molar-refractivity contribution in [3.63, 3.8) is 0 Å². The van der Waals surface area contributed by atoms with Crippen LogP contribution in [-0.4, -0.2) is 27.2 Å². The highest BCUT2D eigenvalue weighted by Crippen LogP contribution is 2.45.